The summed E-state index contributed by atoms with van der Waals surface area (Å²) < 4.78 is 11.9. The standard InChI is InChI=1S/C18H17N9O3/c1-27-9-21-16(25-27)10-4-3-5-12(14(10)29-2)22-17-11(15(19)28)8-20-18(24-17)23-13-6-7-30-26-13/h3-9H,1-2H3,(H2,19,28)(H2,20,22,23,24,26). The minimum Gasteiger partial charge on any atom is -0.494 e. The molecule has 12 heteroatoms. The number of hydrogen-bond acceptors (Lipinski definition) is 10. The molecule has 0 aliphatic heterocycles. The first kappa shape index (κ1) is 18.9. The summed E-state index contributed by atoms with van der Waals surface area (Å²) in [6.07, 6.45) is 4.31. The van der Waals surface area contributed by atoms with Crippen molar-refractivity contribution in [3.8, 4) is 17.1 Å². The van der Waals surface area contributed by atoms with Gasteiger partial charge in [0.05, 0.1) is 18.4 Å². The number of nitrogens with two attached hydrogens (primary N) is 1. The Morgan fingerprint density at radius 3 is 2.77 bits per heavy atom. The molecule has 0 fully saturated rings. The molecule has 1 aromatic carbocycles. The average Bonchev–Trinajstić information content (AvgIpc) is 3.39. The number of nitrogens with zero attached hydrogens (tertiary/aromatic N) is 6. The predicted molar refractivity (Wildman–Crippen MR) is 107 cm³/mol. The lowest BCUT2D eigenvalue weighted by Gasteiger charge is -2.15. The van der Waals surface area contributed by atoms with E-state index < -0.39 is 5.91 Å². The molecule has 0 spiro atoms. The van der Waals surface area contributed by atoms with Gasteiger partial charge >= 0.3 is 0 Å². The van der Waals surface area contributed by atoms with Crippen LogP contribution < -0.4 is 21.1 Å². The van der Waals surface area contributed by atoms with Gasteiger partial charge in [-0.2, -0.15) is 10.1 Å². The van der Waals surface area contributed by atoms with E-state index >= 15 is 0 Å². The number of primary amides is 1. The van der Waals surface area contributed by atoms with E-state index in [9.17, 15) is 4.79 Å². The zero-order valence-electron chi connectivity index (χ0n) is 16.0. The van der Waals surface area contributed by atoms with Crippen molar-refractivity contribution in [3.05, 3.63) is 48.6 Å². The topological polar surface area (TPSA) is 159 Å². The Labute approximate surface area is 170 Å². The number of hydrogen-bond donors (Lipinski definition) is 3. The van der Waals surface area contributed by atoms with Gasteiger partial charge in [0.2, 0.25) is 5.95 Å². The molecule has 0 radical (unpaired) electrons. The number of carbonyl (C=O) groups excluding carboxylic acids is 1. The summed E-state index contributed by atoms with van der Waals surface area (Å²) in [4.78, 5) is 24.6. The largest absolute Gasteiger partial charge is 0.494 e. The minimum atomic E-state index is -0.688. The molecule has 1 amide bonds. The fraction of sp³-hybridized carbons (Fsp3) is 0.111. The van der Waals surface area contributed by atoms with Crippen molar-refractivity contribution in [2.45, 2.75) is 0 Å². The van der Waals surface area contributed by atoms with E-state index in [4.69, 9.17) is 15.0 Å². The maximum atomic E-state index is 11.9. The minimum absolute atomic E-state index is 0.101. The molecule has 30 heavy (non-hydrogen) atoms. The van der Waals surface area contributed by atoms with Crippen LogP contribution in [0.1, 0.15) is 10.4 Å². The smallest absolute Gasteiger partial charge is 0.254 e. The first-order chi connectivity index (χ1) is 14.5. The number of anilines is 4. The third-order valence-electron chi connectivity index (χ3n) is 4.04. The van der Waals surface area contributed by atoms with E-state index in [1.54, 1.807) is 36.3 Å². The van der Waals surface area contributed by atoms with Crippen LogP contribution in [0.5, 0.6) is 5.75 Å². The first-order valence-electron chi connectivity index (χ1n) is 8.69. The highest BCUT2D eigenvalue weighted by Crippen LogP contribution is 2.36. The molecular formula is C18H17N9O3. The quantitative estimate of drug-likeness (QED) is 0.412. The van der Waals surface area contributed by atoms with E-state index in [-0.39, 0.29) is 17.3 Å². The van der Waals surface area contributed by atoms with Crippen LogP contribution in [0.3, 0.4) is 0 Å². The Bertz CT molecular complexity index is 1190. The Morgan fingerprint density at radius 2 is 2.10 bits per heavy atom. The molecule has 0 saturated heterocycles. The lowest BCUT2D eigenvalue weighted by Crippen LogP contribution is -2.16. The number of methoxy groups -OCH3 is 1. The van der Waals surface area contributed by atoms with Gasteiger partial charge in [-0.05, 0) is 12.1 Å². The van der Waals surface area contributed by atoms with Crippen LogP contribution in [-0.2, 0) is 7.05 Å². The van der Waals surface area contributed by atoms with Gasteiger partial charge in [0.25, 0.3) is 5.91 Å². The van der Waals surface area contributed by atoms with Crippen molar-refractivity contribution < 1.29 is 14.1 Å². The number of para-hydroxylation sites is 1. The third kappa shape index (κ3) is 3.73. The van der Waals surface area contributed by atoms with Crippen LogP contribution >= 0.6 is 0 Å². The normalized spacial score (nSPS) is 10.6. The summed E-state index contributed by atoms with van der Waals surface area (Å²) >= 11 is 0. The van der Waals surface area contributed by atoms with Crippen molar-refractivity contribution in [1.29, 1.82) is 0 Å². The second kappa shape index (κ2) is 7.87. The molecule has 4 N–H and O–H groups in total. The molecule has 0 bridgehead atoms. The number of nitrogens with one attached hydrogen (secondary N) is 2. The van der Waals surface area contributed by atoms with Gasteiger partial charge in [0.1, 0.15) is 24.0 Å². The summed E-state index contributed by atoms with van der Waals surface area (Å²) in [5, 5.41) is 14.0. The number of rotatable bonds is 7. The molecule has 0 saturated carbocycles. The van der Waals surface area contributed by atoms with E-state index in [2.05, 4.69) is 35.8 Å². The molecule has 152 valence electrons. The lowest BCUT2D eigenvalue weighted by molar-refractivity contribution is 0.100. The van der Waals surface area contributed by atoms with E-state index in [0.717, 1.165) is 0 Å². The molecule has 4 aromatic rings. The van der Waals surface area contributed by atoms with Crippen LogP contribution in [0.4, 0.5) is 23.3 Å². The maximum Gasteiger partial charge on any atom is 0.254 e. The van der Waals surface area contributed by atoms with Crippen LogP contribution in [0.15, 0.2) is 47.6 Å². The second-order valence-electron chi connectivity index (χ2n) is 6.08. The van der Waals surface area contributed by atoms with Gasteiger partial charge in [-0.1, -0.05) is 11.2 Å². The summed E-state index contributed by atoms with van der Waals surface area (Å²) in [5.74, 6) is 1.07. The Balaban J connectivity index is 1.73. The van der Waals surface area contributed by atoms with Crippen molar-refractivity contribution in [1.82, 2.24) is 29.9 Å². The fourth-order valence-electron chi connectivity index (χ4n) is 2.73. The fourth-order valence-corrected chi connectivity index (χ4v) is 2.73. The van der Waals surface area contributed by atoms with Gasteiger partial charge in [0.15, 0.2) is 17.4 Å². The second-order valence-corrected chi connectivity index (χ2v) is 6.08. The van der Waals surface area contributed by atoms with Crippen molar-refractivity contribution >= 4 is 29.2 Å². The molecular weight excluding hydrogens is 390 g/mol. The van der Waals surface area contributed by atoms with Crippen molar-refractivity contribution in [2.75, 3.05) is 17.7 Å². The van der Waals surface area contributed by atoms with Crippen LogP contribution in [0.25, 0.3) is 11.4 Å². The number of aromatic nitrogens is 6. The van der Waals surface area contributed by atoms with E-state index in [0.29, 0.717) is 28.6 Å². The molecule has 0 unspecified atom stereocenters. The molecule has 4 rings (SSSR count). The zero-order chi connectivity index (χ0) is 21.1. The predicted octanol–water partition coefficient (Wildman–Crippen LogP) is 1.85. The van der Waals surface area contributed by atoms with Crippen molar-refractivity contribution in [3.63, 3.8) is 0 Å². The van der Waals surface area contributed by atoms with Gasteiger partial charge in [0, 0.05) is 19.3 Å². The van der Waals surface area contributed by atoms with Gasteiger partial charge < -0.3 is 25.6 Å². The van der Waals surface area contributed by atoms with Gasteiger partial charge in [-0.25, -0.2) is 9.97 Å². The highest BCUT2D eigenvalue weighted by atomic mass is 16.5. The lowest BCUT2D eigenvalue weighted by atomic mass is 10.1. The van der Waals surface area contributed by atoms with E-state index in [1.807, 2.05) is 6.07 Å². The van der Waals surface area contributed by atoms with Crippen LogP contribution in [0.2, 0.25) is 0 Å². The molecule has 0 atom stereocenters. The molecule has 12 nitrogen and oxygen atoms in total. The van der Waals surface area contributed by atoms with E-state index in [1.165, 1.54) is 19.6 Å². The summed E-state index contributed by atoms with van der Waals surface area (Å²) in [6, 6.07) is 7.00. The molecule has 3 aromatic heterocycles. The Hall–Kier alpha value is -4.48. The highest BCUT2D eigenvalue weighted by Gasteiger charge is 2.18. The Morgan fingerprint density at radius 1 is 1.23 bits per heavy atom. The number of amides is 1. The average molecular weight is 407 g/mol. The molecule has 0 aliphatic carbocycles. The first-order valence-corrected chi connectivity index (χ1v) is 8.69. The zero-order valence-corrected chi connectivity index (χ0v) is 16.0. The van der Waals surface area contributed by atoms with Crippen LogP contribution in [0, 0.1) is 0 Å². The monoisotopic (exact) mass is 407 g/mol. The summed E-state index contributed by atoms with van der Waals surface area (Å²) in [5.41, 5.74) is 6.79. The SMILES string of the molecule is COc1c(Nc2nc(Nc3ccon3)ncc2C(N)=O)cccc1-c1ncn(C)n1. The van der Waals surface area contributed by atoms with Gasteiger partial charge in [-0.3, -0.25) is 9.48 Å². The number of aryl methyl sites for hydroxylation is 1. The summed E-state index contributed by atoms with van der Waals surface area (Å²) in [7, 11) is 3.30. The maximum absolute atomic E-state index is 11.9. The number of carbonyl (C=O) groups is 1. The van der Waals surface area contributed by atoms with Crippen LogP contribution in [-0.4, -0.2) is 42.9 Å². The molecule has 3 heterocycles. The Kier molecular flexibility index (Phi) is 4.95. The summed E-state index contributed by atoms with van der Waals surface area (Å²) in [6.45, 7) is 0. The van der Waals surface area contributed by atoms with Gasteiger partial charge in [-0.15, -0.1) is 0 Å². The highest BCUT2D eigenvalue weighted by molar-refractivity contribution is 5.98. The molecule has 0 aliphatic rings. The third-order valence-corrected chi connectivity index (χ3v) is 4.04. The number of benzene rings is 1. The number of ether oxygens (including phenoxy) is 1. The van der Waals surface area contributed by atoms with Crippen molar-refractivity contribution in [2.24, 2.45) is 12.8 Å².